The molecule has 0 radical (unpaired) electrons. The second-order valence-electron chi connectivity index (χ2n) is 24.5. The fourth-order valence-corrected chi connectivity index (χ4v) is 13.8. The second-order valence-corrected chi connectivity index (χ2v) is 24.5. The second kappa shape index (κ2) is 24.6. The highest BCUT2D eigenvalue weighted by Gasteiger charge is 2.25. The SMILES string of the molecule is N#Cc1ccc(-c2ccc(-c3nc(-c4cc(-c5ccc(C#N)cc5)ccc4-n4c5ccc(-c6ccccc6)cc5c5cc(-c6ccccc6)ccc54)nc(-c4cc(-c5ccc(C#N)cc5)ccc4-n4c5ccc(-c6ccccc6)cc5c5cc(-c6ccccc6)ccc54)n3)cc2)cc1. The van der Waals surface area contributed by atoms with Gasteiger partial charge in [0.25, 0.3) is 0 Å². The van der Waals surface area contributed by atoms with Gasteiger partial charge in [-0.3, -0.25) is 0 Å². The number of hydrogen-bond donors (Lipinski definition) is 0. The maximum atomic E-state index is 10.00. The normalized spacial score (nSPS) is 11.2. The minimum atomic E-state index is 0.431. The summed E-state index contributed by atoms with van der Waals surface area (Å²) in [5, 5.41) is 34.0. The summed E-state index contributed by atoms with van der Waals surface area (Å²) in [6.07, 6.45) is 0. The molecule has 3 heterocycles. The van der Waals surface area contributed by atoms with Crippen molar-refractivity contribution in [1.82, 2.24) is 24.1 Å². The van der Waals surface area contributed by atoms with Gasteiger partial charge in [0.15, 0.2) is 17.5 Å². The van der Waals surface area contributed by atoms with E-state index in [2.05, 4.69) is 258 Å². The van der Waals surface area contributed by atoms with Crippen LogP contribution in [0.15, 0.2) is 328 Å². The highest BCUT2D eigenvalue weighted by atomic mass is 15.1. The van der Waals surface area contributed by atoms with Crippen LogP contribution in [0.25, 0.3) is 167 Å². The van der Waals surface area contributed by atoms with E-state index in [1.54, 1.807) is 0 Å². The zero-order chi connectivity index (χ0) is 65.6. The van der Waals surface area contributed by atoms with Gasteiger partial charge in [-0.25, -0.2) is 15.0 Å². The minimum absolute atomic E-state index is 0.431. The van der Waals surface area contributed by atoms with Crippen LogP contribution in [-0.4, -0.2) is 24.1 Å². The molecule has 0 fully saturated rings. The summed E-state index contributed by atoms with van der Waals surface area (Å²) in [5.74, 6) is 1.31. The van der Waals surface area contributed by atoms with Crippen molar-refractivity contribution in [3.63, 3.8) is 0 Å². The lowest BCUT2D eigenvalue weighted by atomic mass is 9.99. The Hall–Kier alpha value is -13.8. The monoisotopic (exact) mass is 1250 g/mol. The first-order valence-electron chi connectivity index (χ1n) is 32.5. The molecule has 0 aliphatic heterocycles. The largest absolute Gasteiger partial charge is 0.308 e. The number of fused-ring (bicyclic) bond motifs is 6. The van der Waals surface area contributed by atoms with Crippen molar-refractivity contribution in [3.05, 3.63) is 344 Å². The third-order valence-electron chi connectivity index (χ3n) is 18.7. The Kier molecular flexibility index (Phi) is 14.5. The number of nitriles is 3. The molecule has 17 rings (SSSR count). The Balaban J connectivity index is 0.956. The molecule has 0 spiro atoms. The quantitative estimate of drug-likeness (QED) is 0.120. The molecule has 0 N–H and O–H groups in total. The smallest absolute Gasteiger partial charge is 0.166 e. The Morgan fingerprint density at radius 3 is 0.724 bits per heavy atom. The molecular weight excluding hydrogens is 1190 g/mol. The van der Waals surface area contributed by atoms with Crippen LogP contribution in [0.4, 0.5) is 0 Å². The maximum absolute atomic E-state index is 10.00. The average Bonchev–Trinajstić information content (AvgIpc) is 1.55. The van der Waals surface area contributed by atoms with E-state index in [-0.39, 0.29) is 0 Å². The Bertz CT molecular complexity index is 5560. The van der Waals surface area contributed by atoms with E-state index in [4.69, 9.17) is 15.0 Å². The summed E-state index contributed by atoms with van der Waals surface area (Å²) >= 11 is 0. The molecule has 3 aromatic heterocycles. The number of hydrogen-bond acceptors (Lipinski definition) is 6. The molecule has 14 aromatic carbocycles. The van der Waals surface area contributed by atoms with E-state index in [1.807, 2.05) is 97.1 Å². The van der Waals surface area contributed by atoms with Gasteiger partial charge in [0.2, 0.25) is 0 Å². The summed E-state index contributed by atoms with van der Waals surface area (Å²) in [4.78, 5) is 17.1. The van der Waals surface area contributed by atoms with Crippen LogP contribution in [0.3, 0.4) is 0 Å². The van der Waals surface area contributed by atoms with Gasteiger partial charge < -0.3 is 9.13 Å². The van der Waals surface area contributed by atoms with Crippen LogP contribution in [-0.2, 0) is 0 Å². The van der Waals surface area contributed by atoms with Gasteiger partial charge in [0.05, 0.1) is 68.3 Å². The number of rotatable bonds is 12. The molecule has 0 atom stereocenters. The van der Waals surface area contributed by atoms with Crippen molar-refractivity contribution < 1.29 is 0 Å². The third-order valence-corrected chi connectivity index (χ3v) is 18.7. The summed E-state index contributed by atoms with van der Waals surface area (Å²) < 4.78 is 4.70. The molecule has 0 aliphatic rings. The Morgan fingerprint density at radius 1 is 0.204 bits per heavy atom. The summed E-state index contributed by atoms with van der Waals surface area (Å²) in [6.45, 7) is 0. The lowest BCUT2D eigenvalue weighted by Crippen LogP contribution is -2.06. The Labute approximate surface area is 566 Å². The van der Waals surface area contributed by atoms with Crippen molar-refractivity contribution >= 4 is 43.6 Å². The van der Waals surface area contributed by atoms with Crippen LogP contribution in [0.1, 0.15) is 16.7 Å². The van der Waals surface area contributed by atoms with E-state index in [1.165, 1.54) is 0 Å². The predicted octanol–water partition coefficient (Wildman–Crippen LogP) is 22.4. The fourth-order valence-electron chi connectivity index (χ4n) is 13.8. The minimum Gasteiger partial charge on any atom is -0.308 e. The van der Waals surface area contributed by atoms with E-state index in [0.717, 1.165) is 150 Å². The standard InChI is InChI=1S/C90H54N8/c91-55-58-21-27-65(28-22-58)66-33-35-69(36-34-66)88-94-89(80-53-74(67-29-23-59(56-92)24-30-67)41-47-86(80)97-82-43-37-70(61-13-5-1-6-14-61)49-76(82)77-50-71(38-44-83(77)97)62-15-7-2-8-16-62)96-90(95-88)81-54-75(68-31-25-60(57-93)26-32-68)42-48-87(81)98-84-45-39-72(63-17-9-3-10-18-63)51-78(84)79-52-73(40-46-85(79)98)64-19-11-4-12-20-64/h1-54H. The van der Waals surface area contributed by atoms with E-state index < -0.39 is 0 Å². The molecule has 8 heteroatoms. The van der Waals surface area contributed by atoms with Gasteiger partial charge in [-0.2, -0.15) is 15.8 Å². The maximum Gasteiger partial charge on any atom is 0.166 e. The van der Waals surface area contributed by atoms with E-state index >= 15 is 0 Å². The van der Waals surface area contributed by atoms with E-state index in [0.29, 0.717) is 34.2 Å². The predicted molar refractivity (Wildman–Crippen MR) is 397 cm³/mol. The van der Waals surface area contributed by atoms with Gasteiger partial charge in [0.1, 0.15) is 0 Å². The van der Waals surface area contributed by atoms with Crippen molar-refractivity contribution in [2.24, 2.45) is 0 Å². The van der Waals surface area contributed by atoms with E-state index in [9.17, 15) is 15.8 Å². The lowest BCUT2D eigenvalue weighted by Gasteiger charge is -2.18. The summed E-state index contributed by atoms with van der Waals surface area (Å²) in [6, 6.07) is 120. The molecule has 17 aromatic rings. The van der Waals surface area contributed by atoms with Gasteiger partial charge in [0, 0.05) is 38.2 Å². The number of nitrogens with zero attached hydrogens (tertiary/aromatic N) is 8. The van der Waals surface area contributed by atoms with Gasteiger partial charge in [-0.1, -0.05) is 218 Å². The van der Waals surface area contributed by atoms with Crippen molar-refractivity contribution in [2.75, 3.05) is 0 Å². The van der Waals surface area contributed by atoms with Gasteiger partial charge in [-0.15, -0.1) is 0 Å². The van der Waals surface area contributed by atoms with Crippen LogP contribution in [0.5, 0.6) is 0 Å². The molecule has 0 saturated heterocycles. The molecule has 0 unspecified atom stereocenters. The zero-order valence-electron chi connectivity index (χ0n) is 52.8. The number of aromatic nitrogens is 5. The topological polar surface area (TPSA) is 120 Å². The Morgan fingerprint density at radius 2 is 0.429 bits per heavy atom. The van der Waals surface area contributed by atoms with Crippen LogP contribution in [0, 0.1) is 34.0 Å². The van der Waals surface area contributed by atoms with Gasteiger partial charge >= 0.3 is 0 Å². The molecule has 8 nitrogen and oxygen atoms in total. The van der Waals surface area contributed by atoms with Gasteiger partial charge in [-0.05, 0) is 187 Å². The van der Waals surface area contributed by atoms with Crippen LogP contribution >= 0.6 is 0 Å². The highest BCUT2D eigenvalue weighted by Crippen LogP contribution is 2.44. The molecular formula is C90H54N8. The highest BCUT2D eigenvalue weighted by molar-refractivity contribution is 6.14. The molecule has 0 amide bonds. The first-order valence-corrected chi connectivity index (χ1v) is 32.5. The van der Waals surface area contributed by atoms with Crippen molar-refractivity contribution in [2.45, 2.75) is 0 Å². The molecule has 0 saturated carbocycles. The first kappa shape index (κ1) is 58.0. The zero-order valence-corrected chi connectivity index (χ0v) is 52.8. The molecule has 98 heavy (non-hydrogen) atoms. The fraction of sp³-hybridized carbons (Fsp3) is 0. The van der Waals surface area contributed by atoms with Crippen LogP contribution < -0.4 is 0 Å². The van der Waals surface area contributed by atoms with Crippen LogP contribution in [0.2, 0.25) is 0 Å². The van der Waals surface area contributed by atoms with Crippen molar-refractivity contribution in [3.8, 4) is 142 Å². The molecule has 454 valence electrons. The average molecular weight is 1250 g/mol. The summed E-state index contributed by atoms with van der Waals surface area (Å²) in [5.41, 5.74) is 24.1. The summed E-state index contributed by atoms with van der Waals surface area (Å²) in [7, 11) is 0. The molecule has 0 aliphatic carbocycles. The molecule has 0 bridgehead atoms. The first-order chi connectivity index (χ1) is 48.4. The number of benzene rings is 14. The third kappa shape index (κ3) is 10.6. The van der Waals surface area contributed by atoms with Crippen molar-refractivity contribution in [1.29, 1.82) is 15.8 Å². The lowest BCUT2D eigenvalue weighted by molar-refractivity contribution is 1.06.